The number of hydrogen-bond donors (Lipinski definition) is 0. The Kier molecular flexibility index (Phi) is 12.2. The highest BCUT2D eigenvalue weighted by atomic mass is 127. The highest BCUT2D eigenvalue weighted by Crippen LogP contribution is 2.38. The Labute approximate surface area is 311 Å². The van der Waals surface area contributed by atoms with Crippen LogP contribution in [0.3, 0.4) is 0 Å². The smallest absolute Gasteiger partial charge is 0.246 e. The van der Waals surface area contributed by atoms with Crippen molar-refractivity contribution in [2.24, 2.45) is 7.05 Å². The van der Waals surface area contributed by atoms with Crippen molar-refractivity contribution in [2.45, 2.75) is 104 Å². The summed E-state index contributed by atoms with van der Waals surface area (Å²) in [4.78, 5) is 7.16. The van der Waals surface area contributed by atoms with Crippen molar-refractivity contribution < 1.29 is 18.6 Å². The molecule has 5 heterocycles. The highest BCUT2D eigenvalue weighted by Gasteiger charge is 2.37. The van der Waals surface area contributed by atoms with Crippen molar-refractivity contribution in [1.29, 1.82) is 0 Å². The molecule has 0 spiro atoms. The SMILES string of the molecule is C=Cc1nn(C2CCCCO2)c2cnc(-c3c(C)nn(C)c3O[C@@H](C)CN(C)Cc3c(I)c(OCC)nn3CCO[Si](C)(C)C(C)(C)C)cc12. The molecule has 50 heavy (non-hydrogen) atoms. The van der Waals surface area contributed by atoms with Gasteiger partial charge in [0.25, 0.3) is 0 Å². The largest absolute Gasteiger partial charge is 0.476 e. The topological polar surface area (TPSA) is 107 Å². The molecule has 0 aliphatic carbocycles. The fourth-order valence-corrected chi connectivity index (χ4v) is 7.90. The summed E-state index contributed by atoms with van der Waals surface area (Å²) in [5.41, 5.74) is 5.35. The lowest BCUT2D eigenvalue weighted by atomic mass is 10.1. The zero-order valence-electron chi connectivity index (χ0n) is 31.5. The molecule has 1 aliphatic heterocycles. The third-order valence-electron chi connectivity index (χ3n) is 9.79. The average molecular weight is 819 g/mol. The number of hydrogen-bond acceptors (Lipinski definition) is 9. The number of rotatable bonds is 15. The summed E-state index contributed by atoms with van der Waals surface area (Å²) in [6.45, 7) is 25.4. The molecule has 1 unspecified atom stereocenters. The molecule has 0 saturated carbocycles. The van der Waals surface area contributed by atoms with Gasteiger partial charge in [-0.25, -0.2) is 9.36 Å². The van der Waals surface area contributed by atoms with Crippen LogP contribution < -0.4 is 9.47 Å². The van der Waals surface area contributed by atoms with E-state index in [0.717, 1.165) is 68.7 Å². The van der Waals surface area contributed by atoms with Gasteiger partial charge in [0.15, 0.2) is 14.5 Å². The number of likely N-dealkylation sites (N-methyl/N-ethyl adjacent to an activating group) is 1. The summed E-state index contributed by atoms with van der Waals surface area (Å²) >= 11 is 2.36. The molecule has 0 aromatic carbocycles. The summed E-state index contributed by atoms with van der Waals surface area (Å²) in [7, 11) is 2.15. The highest BCUT2D eigenvalue weighted by molar-refractivity contribution is 14.1. The maximum Gasteiger partial charge on any atom is 0.246 e. The van der Waals surface area contributed by atoms with E-state index in [1.165, 1.54) is 0 Å². The van der Waals surface area contributed by atoms with E-state index in [0.29, 0.717) is 44.6 Å². The normalized spacial score (nSPS) is 16.4. The fourth-order valence-electron chi connectivity index (χ4n) is 6.16. The van der Waals surface area contributed by atoms with Crippen LogP contribution in [-0.4, -0.2) is 87.1 Å². The van der Waals surface area contributed by atoms with Gasteiger partial charge in [-0.05, 0) is 99.9 Å². The number of aromatic nitrogens is 7. The molecule has 0 radical (unpaired) electrons. The number of ether oxygens (including phenoxy) is 3. The molecule has 0 amide bonds. The van der Waals surface area contributed by atoms with Gasteiger partial charge >= 0.3 is 0 Å². The van der Waals surface area contributed by atoms with Crippen molar-refractivity contribution in [3.8, 4) is 23.0 Å². The van der Waals surface area contributed by atoms with Crippen LogP contribution >= 0.6 is 22.6 Å². The molecular formula is C36H55IN8O4Si. The van der Waals surface area contributed by atoms with Gasteiger partial charge in [-0.2, -0.15) is 10.2 Å². The minimum absolute atomic E-state index is 0.0900. The molecule has 1 saturated heterocycles. The van der Waals surface area contributed by atoms with E-state index in [4.69, 9.17) is 38.9 Å². The summed E-state index contributed by atoms with van der Waals surface area (Å²) in [6.07, 6.45) is 6.57. The first-order chi connectivity index (χ1) is 23.6. The summed E-state index contributed by atoms with van der Waals surface area (Å²) in [5.74, 6) is 1.35. The molecule has 5 rings (SSSR count). The van der Waals surface area contributed by atoms with Gasteiger partial charge in [-0.15, -0.1) is 5.10 Å². The van der Waals surface area contributed by atoms with Crippen LogP contribution in [0, 0.1) is 10.5 Å². The van der Waals surface area contributed by atoms with Crippen molar-refractivity contribution in [3.05, 3.63) is 39.5 Å². The second-order valence-corrected chi connectivity index (χ2v) is 20.7. The molecule has 1 fully saturated rings. The molecule has 14 heteroatoms. The van der Waals surface area contributed by atoms with Crippen LogP contribution in [0.1, 0.15) is 77.2 Å². The van der Waals surface area contributed by atoms with Gasteiger partial charge in [0, 0.05) is 32.1 Å². The molecule has 12 nitrogen and oxygen atoms in total. The van der Waals surface area contributed by atoms with Crippen LogP contribution in [0.2, 0.25) is 18.1 Å². The first-order valence-corrected chi connectivity index (χ1v) is 21.7. The van der Waals surface area contributed by atoms with E-state index in [1.807, 2.05) is 36.5 Å². The van der Waals surface area contributed by atoms with Gasteiger partial charge in [0.1, 0.15) is 6.10 Å². The second-order valence-electron chi connectivity index (χ2n) is 14.8. The van der Waals surface area contributed by atoms with Crippen LogP contribution in [0.5, 0.6) is 11.8 Å². The Morgan fingerprint density at radius 2 is 1.98 bits per heavy atom. The zero-order valence-corrected chi connectivity index (χ0v) is 34.7. The van der Waals surface area contributed by atoms with Crippen molar-refractivity contribution in [1.82, 2.24) is 39.2 Å². The molecule has 1 aliphatic rings. The lowest BCUT2D eigenvalue weighted by molar-refractivity contribution is -0.0367. The molecule has 4 aromatic rings. The minimum atomic E-state index is -1.87. The number of pyridine rings is 1. The van der Waals surface area contributed by atoms with E-state index in [1.54, 1.807) is 10.8 Å². The van der Waals surface area contributed by atoms with Gasteiger partial charge in [0.2, 0.25) is 11.8 Å². The summed E-state index contributed by atoms with van der Waals surface area (Å²) in [6, 6.07) is 2.07. The van der Waals surface area contributed by atoms with E-state index >= 15 is 0 Å². The maximum absolute atomic E-state index is 6.66. The van der Waals surface area contributed by atoms with Crippen molar-refractivity contribution >= 4 is 47.9 Å². The quantitative estimate of drug-likeness (QED) is 0.0886. The Hall–Kier alpha value is -2.79. The lowest BCUT2D eigenvalue weighted by Gasteiger charge is -2.36. The Balaban J connectivity index is 1.32. The van der Waals surface area contributed by atoms with Gasteiger partial charge in [-0.1, -0.05) is 27.4 Å². The zero-order chi connectivity index (χ0) is 36.4. The number of aryl methyl sites for hydroxylation is 2. The first-order valence-electron chi connectivity index (χ1n) is 17.7. The molecule has 274 valence electrons. The van der Waals surface area contributed by atoms with Crippen LogP contribution in [0.4, 0.5) is 0 Å². The molecule has 4 aromatic heterocycles. The third kappa shape index (κ3) is 8.29. The first kappa shape index (κ1) is 38.4. The lowest BCUT2D eigenvalue weighted by Crippen LogP contribution is -2.41. The van der Waals surface area contributed by atoms with Crippen molar-refractivity contribution in [2.75, 3.05) is 33.4 Å². The Morgan fingerprint density at radius 3 is 2.64 bits per heavy atom. The molecular weight excluding hydrogens is 763 g/mol. The average Bonchev–Trinajstić information content (AvgIpc) is 3.66. The summed E-state index contributed by atoms with van der Waals surface area (Å²) in [5, 5.41) is 15.5. The van der Waals surface area contributed by atoms with Gasteiger partial charge in [-0.3, -0.25) is 14.6 Å². The van der Waals surface area contributed by atoms with Crippen LogP contribution in [-0.2, 0) is 29.3 Å². The van der Waals surface area contributed by atoms with Gasteiger partial charge in [0.05, 0.1) is 63.4 Å². The predicted octanol–water partition coefficient (Wildman–Crippen LogP) is 7.60. The number of fused-ring (bicyclic) bond motifs is 1. The summed E-state index contributed by atoms with van der Waals surface area (Å²) < 4.78 is 31.9. The molecule has 0 N–H and O–H groups in total. The Morgan fingerprint density at radius 1 is 1.22 bits per heavy atom. The van der Waals surface area contributed by atoms with E-state index in [9.17, 15) is 0 Å². The van der Waals surface area contributed by atoms with E-state index in [-0.39, 0.29) is 17.4 Å². The monoisotopic (exact) mass is 818 g/mol. The van der Waals surface area contributed by atoms with E-state index in [2.05, 4.69) is 88.0 Å². The fraction of sp³-hybridized carbons (Fsp3) is 0.611. The number of nitrogens with zero attached hydrogens (tertiary/aromatic N) is 8. The maximum atomic E-state index is 6.66. The van der Waals surface area contributed by atoms with Gasteiger partial charge < -0.3 is 18.6 Å². The minimum Gasteiger partial charge on any atom is -0.476 e. The number of halogens is 1. The van der Waals surface area contributed by atoms with Crippen LogP contribution in [0.25, 0.3) is 28.2 Å². The van der Waals surface area contributed by atoms with E-state index < -0.39 is 8.32 Å². The van der Waals surface area contributed by atoms with Crippen molar-refractivity contribution in [3.63, 3.8) is 0 Å². The third-order valence-corrected chi connectivity index (χ3v) is 15.4. The predicted molar refractivity (Wildman–Crippen MR) is 209 cm³/mol. The van der Waals surface area contributed by atoms with Crippen LogP contribution in [0.15, 0.2) is 18.8 Å². The standard InChI is InChI=1S/C36H55IN8O4Si/c1-12-27-26-20-28(38-21-29(26)45(40-27)31-16-14-15-18-47-31)32-25(4)39-43(9)35(32)49-24(3)22-42(8)23-30-33(37)34(46-13-2)41-44(30)17-19-48-50(10,11)36(5,6)7/h12,20-21,24,31H,1,13-19,22-23H2,2-11H3/t24-,31?/m0/s1. The second kappa shape index (κ2) is 15.8. The molecule has 2 atom stereocenters. The molecule has 0 bridgehead atoms. The Bertz CT molecular complexity index is 1790.